The van der Waals surface area contributed by atoms with Crippen LogP contribution in [-0.4, -0.2) is 38.7 Å². The van der Waals surface area contributed by atoms with Gasteiger partial charge < -0.3 is 24.3 Å². The molecule has 35 heavy (non-hydrogen) atoms. The largest absolute Gasteiger partial charge is 0.493 e. The van der Waals surface area contributed by atoms with Crippen LogP contribution in [-0.2, 0) is 14.3 Å². The van der Waals surface area contributed by atoms with E-state index in [9.17, 15) is 18.8 Å². The van der Waals surface area contributed by atoms with Gasteiger partial charge in [0.25, 0.3) is 5.91 Å². The molecule has 3 aromatic carbocycles. The highest BCUT2D eigenvalue weighted by molar-refractivity contribution is 5.95. The molecule has 0 bridgehead atoms. The van der Waals surface area contributed by atoms with Gasteiger partial charge in [-0.15, -0.1) is 0 Å². The summed E-state index contributed by atoms with van der Waals surface area (Å²) in [6, 6.07) is 16.7. The van der Waals surface area contributed by atoms with Crippen LogP contribution in [0.25, 0.3) is 6.08 Å². The fraction of sp³-hybridized carbons (Fsp3) is 0.115. The van der Waals surface area contributed by atoms with Gasteiger partial charge in [-0.1, -0.05) is 30.3 Å². The third kappa shape index (κ3) is 6.91. The number of halogens is 1. The van der Waals surface area contributed by atoms with Gasteiger partial charge in [0.1, 0.15) is 17.1 Å². The van der Waals surface area contributed by atoms with Crippen LogP contribution in [0.15, 0.2) is 72.8 Å². The minimum Gasteiger partial charge on any atom is -0.493 e. The molecule has 0 saturated heterocycles. The smallest absolute Gasteiger partial charge is 0.347 e. The van der Waals surface area contributed by atoms with Crippen molar-refractivity contribution >= 4 is 29.6 Å². The molecule has 0 radical (unpaired) electrons. The summed E-state index contributed by atoms with van der Waals surface area (Å²) in [6.45, 7) is -0.455. The molecule has 1 amide bonds. The molecule has 180 valence electrons. The Balaban J connectivity index is 1.69. The molecular weight excluding hydrogens is 457 g/mol. The molecule has 0 fully saturated rings. The lowest BCUT2D eigenvalue weighted by Gasteiger charge is -2.13. The van der Waals surface area contributed by atoms with E-state index < -0.39 is 30.3 Å². The maximum Gasteiger partial charge on any atom is 0.347 e. The van der Waals surface area contributed by atoms with Crippen molar-refractivity contribution in [1.29, 1.82) is 0 Å². The topological polar surface area (TPSA) is 100 Å². The number of carbonyl (C=O) groups is 3. The molecular formula is C26H22FNO7. The Morgan fingerprint density at radius 1 is 0.914 bits per heavy atom. The van der Waals surface area contributed by atoms with Crippen LogP contribution < -0.4 is 19.5 Å². The highest BCUT2D eigenvalue weighted by Crippen LogP contribution is 2.30. The number of anilines is 1. The molecule has 8 nitrogen and oxygen atoms in total. The lowest BCUT2D eigenvalue weighted by atomic mass is 10.1. The zero-order chi connectivity index (χ0) is 25.2. The molecule has 0 atom stereocenters. The van der Waals surface area contributed by atoms with Crippen LogP contribution in [0, 0.1) is 5.82 Å². The predicted octanol–water partition coefficient (Wildman–Crippen LogP) is 4.26. The van der Waals surface area contributed by atoms with E-state index in [1.54, 1.807) is 30.3 Å². The molecule has 9 heteroatoms. The highest BCUT2D eigenvalue weighted by atomic mass is 19.1. The Kier molecular flexibility index (Phi) is 8.55. The van der Waals surface area contributed by atoms with Gasteiger partial charge >= 0.3 is 11.9 Å². The number of benzene rings is 3. The summed E-state index contributed by atoms with van der Waals surface area (Å²) < 4.78 is 34.5. The number of carbonyl (C=O) groups excluding carboxylic acids is 3. The second-order valence-electron chi connectivity index (χ2n) is 6.97. The van der Waals surface area contributed by atoms with E-state index in [1.807, 2.05) is 0 Å². The third-order valence-corrected chi connectivity index (χ3v) is 4.62. The maximum atomic E-state index is 13.7. The minimum atomic E-state index is -0.744. The molecule has 0 spiro atoms. The van der Waals surface area contributed by atoms with E-state index in [0.717, 1.165) is 0 Å². The number of esters is 2. The summed E-state index contributed by atoms with van der Waals surface area (Å²) in [5.41, 5.74) is 0.713. The quantitative estimate of drug-likeness (QED) is 0.278. The van der Waals surface area contributed by atoms with E-state index in [4.69, 9.17) is 14.2 Å². The first-order valence-electron chi connectivity index (χ1n) is 10.3. The highest BCUT2D eigenvalue weighted by Gasteiger charge is 2.18. The van der Waals surface area contributed by atoms with Gasteiger partial charge in [-0.05, 0) is 48.0 Å². The number of ether oxygens (including phenoxy) is 4. The maximum absolute atomic E-state index is 13.7. The van der Waals surface area contributed by atoms with Crippen LogP contribution >= 0.6 is 0 Å². The lowest BCUT2D eigenvalue weighted by molar-refractivity contribution is -0.134. The fourth-order valence-corrected chi connectivity index (χ4v) is 2.91. The molecule has 0 aliphatic carbocycles. The standard InChI is InChI=1S/C26H22FNO7/c1-32-23-15-17(12-14-25(30)33-2)11-13-22(23)35-26(31)18-7-3-6-10-21(18)34-16-24(29)28-20-9-5-4-8-19(20)27/h3-15H,16H2,1-2H3,(H,28,29)/b14-12+. The van der Waals surface area contributed by atoms with Gasteiger partial charge in [-0.2, -0.15) is 0 Å². The molecule has 0 aliphatic heterocycles. The molecule has 3 aromatic rings. The second-order valence-corrected chi connectivity index (χ2v) is 6.97. The van der Waals surface area contributed by atoms with Crippen LogP contribution in [0.5, 0.6) is 17.2 Å². The molecule has 0 aromatic heterocycles. The van der Waals surface area contributed by atoms with Gasteiger partial charge in [0.15, 0.2) is 18.1 Å². The Morgan fingerprint density at radius 2 is 1.66 bits per heavy atom. The summed E-state index contributed by atoms with van der Waals surface area (Å²) >= 11 is 0. The number of nitrogens with one attached hydrogen (secondary N) is 1. The SMILES string of the molecule is COC(=O)/C=C/c1ccc(OC(=O)c2ccccc2OCC(=O)Nc2ccccc2F)c(OC)c1. The summed E-state index contributed by atoms with van der Waals surface area (Å²) in [6.07, 6.45) is 2.77. The predicted molar refractivity (Wildman–Crippen MR) is 126 cm³/mol. The number of methoxy groups -OCH3 is 2. The number of hydrogen-bond donors (Lipinski definition) is 1. The van der Waals surface area contributed by atoms with Gasteiger partial charge in [0.05, 0.1) is 19.9 Å². The Bertz CT molecular complexity index is 1260. The Hall–Kier alpha value is -4.66. The first-order chi connectivity index (χ1) is 16.9. The van der Waals surface area contributed by atoms with Gasteiger partial charge in [0.2, 0.25) is 0 Å². The molecule has 0 saturated carbocycles. The van der Waals surface area contributed by atoms with Crippen molar-refractivity contribution in [3.8, 4) is 17.2 Å². The van der Waals surface area contributed by atoms with Crippen LogP contribution in [0.2, 0.25) is 0 Å². The summed E-state index contributed by atoms with van der Waals surface area (Å²) in [5, 5.41) is 2.40. The van der Waals surface area contributed by atoms with Crippen molar-refractivity contribution in [2.75, 3.05) is 26.1 Å². The van der Waals surface area contributed by atoms with E-state index in [0.29, 0.717) is 5.56 Å². The Morgan fingerprint density at radius 3 is 2.40 bits per heavy atom. The minimum absolute atomic E-state index is 0.0192. The summed E-state index contributed by atoms with van der Waals surface area (Å²) in [5.74, 6) is -1.93. The molecule has 0 heterocycles. The monoisotopic (exact) mass is 479 g/mol. The van der Waals surface area contributed by atoms with E-state index in [-0.39, 0.29) is 28.5 Å². The molecule has 1 N–H and O–H groups in total. The van der Waals surface area contributed by atoms with Crippen molar-refractivity contribution in [1.82, 2.24) is 0 Å². The number of rotatable bonds is 9. The van der Waals surface area contributed by atoms with Crippen molar-refractivity contribution in [2.45, 2.75) is 0 Å². The number of amides is 1. The normalized spacial score (nSPS) is 10.5. The van der Waals surface area contributed by atoms with Crippen molar-refractivity contribution in [3.63, 3.8) is 0 Å². The third-order valence-electron chi connectivity index (χ3n) is 4.62. The van der Waals surface area contributed by atoms with Crippen LogP contribution in [0.3, 0.4) is 0 Å². The van der Waals surface area contributed by atoms with Gasteiger partial charge in [0, 0.05) is 6.08 Å². The molecule has 3 rings (SSSR count). The number of para-hydroxylation sites is 2. The number of hydrogen-bond acceptors (Lipinski definition) is 7. The van der Waals surface area contributed by atoms with E-state index >= 15 is 0 Å². The van der Waals surface area contributed by atoms with E-state index in [2.05, 4.69) is 10.1 Å². The summed E-state index contributed by atoms with van der Waals surface area (Å²) in [4.78, 5) is 36.3. The second kappa shape index (κ2) is 12.0. The first kappa shape index (κ1) is 25.0. The molecule has 0 unspecified atom stereocenters. The average Bonchev–Trinajstić information content (AvgIpc) is 2.88. The average molecular weight is 479 g/mol. The van der Waals surface area contributed by atoms with Gasteiger partial charge in [-0.3, -0.25) is 4.79 Å². The van der Waals surface area contributed by atoms with E-state index in [1.165, 1.54) is 62.8 Å². The van der Waals surface area contributed by atoms with Crippen LogP contribution in [0.1, 0.15) is 15.9 Å². The van der Waals surface area contributed by atoms with Crippen LogP contribution in [0.4, 0.5) is 10.1 Å². The van der Waals surface area contributed by atoms with Crippen molar-refractivity contribution in [3.05, 3.63) is 89.8 Å². The zero-order valence-electron chi connectivity index (χ0n) is 18.9. The fourth-order valence-electron chi connectivity index (χ4n) is 2.91. The zero-order valence-corrected chi connectivity index (χ0v) is 18.9. The van der Waals surface area contributed by atoms with Gasteiger partial charge in [-0.25, -0.2) is 14.0 Å². The summed E-state index contributed by atoms with van der Waals surface area (Å²) in [7, 11) is 2.68. The Labute approximate surface area is 200 Å². The molecule has 0 aliphatic rings. The first-order valence-corrected chi connectivity index (χ1v) is 10.3. The van der Waals surface area contributed by atoms with Crippen molar-refractivity contribution < 1.29 is 37.7 Å². The lowest BCUT2D eigenvalue weighted by Crippen LogP contribution is -2.21. The van der Waals surface area contributed by atoms with Crippen molar-refractivity contribution in [2.24, 2.45) is 0 Å².